The second-order valence-corrected chi connectivity index (χ2v) is 4.62. The summed E-state index contributed by atoms with van der Waals surface area (Å²) in [5.74, 6) is -0.417. The molecule has 15 heavy (non-hydrogen) atoms. The molecule has 3 nitrogen and oxygen atoms in total. The molecule has 0 bridgehead atoms. The maximum atomic E-state index is 13.4. The second kappa shape index (κ2) is 4.50. The van der Waals surface area contributed by atoms with E-state index >= 15 is 0 Å². The highest BCUT2D eigenvalue weighted by molar-refractivity contribution is 8.01. The molecule has 0 saturated heterocycles. The fraction of sp³-hybridized carbons (Fsp3) is 0. The molecule has 0 spiro atoms. The third-order valence-corrected chi connectivity index (χ3v) is 3.50. The molecule has 0 saturated carbocycles. The fourth-order valence-corrected chi connectivity index (χ4v) is 2.50. The number of carbonyl (C=O) groups is 1. The summed E-state index contributed by atoms with van der Waals surface area (Å²) in [5, 5.41) is 0. The number of hydrogen-bond acceptors (Lipinski definition) is 5. The summed E-state index contributed by atoms with van der Waals surface area (Å²) in [7, 11) is 0. The standard InChI is InChI=1S/C9H5FN2OS2/c10-7-3-1-2-6(4-13)8(7)14-9-11-5-12-15-9/h1-5H. The number of rotatable bonds is 3. The zero-order chi connectivity index (χ0) is 10.7. The molecule has 0 N–H and O–H groups in total. The van der Waals surface area contributed by atoms with E-state index in [1.54, 1.807) is 6.07 Å². The first-order valence-electron chi connectivity index (χ1n) is 3.99. The quantitative estimate of drug-likeness (QED) is 0.773. The molecule has 0 fully saturated rings. The summed E-state index contributed by atoms with van der Waals surface area (Å²) in [6.45, 7) is 0. The van der Waals surface area contributed by atoms with Crippen molar-refractivity contribution in [1.82, 2.24) is 9.36 Å². The number of aromatic nitrogens is 2. The molecule has 0 atom stereocenters. The van der Waals surface area contributed by atoms with Crippen molar-refractivity contribution < 1.29 is 9.18 Å². The molecule has 0 radical (unpaired) electrons. The van der Waals surface area contributed by atoms with Crippen LogP contribution >= 0.6 is 23.3 Å². The summed E-state index contributed by atoms with van der Waals surface area (Å²) in [6.07, 6.45) is 2.03. The van der Waals surface area contributed by atoms with Crippen LogP contribution in [0.2, 0.25) is 0 Å². The van der Waals surface area contributed by atoms with Crippen LogP contribution in [0.4, 0.5) is 4.39 Å². The van der Waals surface area contributed by atoms with Crippen molar-refractivity contribution in [3.05, 3.63) is 35.9 Å². The number of benzene rings is 1. The normalized spacial score (nSPS) is 10.2. The molecule has 2 rings (SSSR count). The zero-order valence-electron chi connectivity index (χ0n) is 7.38. The Morgan fingerprint density at radius 1 is 1.47 bits per heavy atom. The summed E-state index contributed by atoms with van der Waals surface area (Å²) in [4.78, 5) is 14.9. The average Bonchev–Trinajstić information content (AvgIpc) is 2.74. The lowest BCUT2D eigenvalue weighted by atomic mass is 10.2. The smallest absolute Gasteiger partial charge is 0.174 e. The van der Waals surface area contributed by atoms with Gasteiger partial charge in [0, 0.05) is 5.56 Å². The van der Waals surface area contributed by atoms with E-state index in [1.807, 2.05) is 0 Å². The molecule has 2 aromatic rings. The maximum absolute atomic E-state index is 13.4. The van der Waals surface area contributed by atoms with Gasteiger partial charge in [0.05, 0.1) is 4.90 Å². The van der Waals surface area contributed by atoms with Gasteiger partial charge in [0.25, 0.3) is 0 Å². The predicted octanol–water partition coefficient (Wildman–Crippen LogP) is 2.64. The van der Waals surface area contributed by atoms with E-state index in [0.29, 0.717) is 21.1 Å². The highest BCUT2D eigenvalue weighted by Crippen LogP contribution is 2.32. The topological polar surface area (TPSA) is 42.9 Å². The lowest BCUT2D eigenvalue weighted by molar-refractivity contribution is 0.112. The Bertz CT molecular complexity index is 473. The highest BCUT2D eigenvalue weighted by atomic mass is 32.2. The van der Waals surface area contributed by atoms with E-state index in [2.05, 4.69) is 9.36 Å². The SMILES string of the molecule is O=Cc1cccc(F)c1Sc1ncns1. The molecule has 1 heterocycles. The van der Waals surface area contributed by atoms with Crippen LogP contribution in [-0.2, 0) is 0 Å². The van der Waals surface area contributed by atoms with E-state index in [1.165, 1.54) is 18.5 Å². The Kier molecular flexibility index (Phi) is 3.08. The van der Waals surface area contributed by atoms with Crippen molar-refractivity contribution in [3.63, 3.8) is 0 Å². The van der Waals surface area contributed by atoms with Crippen LogP contribution in [0.3, 0.4) is 0 Å². The zero-order valence-corrected chi connectivity index (χ0v) is 9.02. The first-order valence-corrected chi connectivity index (χ1v) is 5.58. The molecule has 0 amide bonds. The Hall–Kier alpha value is -1.27. The van der Waals surface area contributed by atoms with Crippen LogP contribution in [0.5, 0.6) is 0 Å². The van der Waals surface area contributed by atoms with E-state index in [0.717, 1.165) is 23.3 Å². The molecule has 1 aromatic carbocycles. The summed E-state index contributed by atoms with van der Waals surface area (Å²) >= 11 is 2.28. The molecule has 1 aromatic heterocycles. The Labute approximate surface area is 93.5 Å². The van der Waals surface area contributed by atoms with Crippen LogP contribution in [0.1, 0.15) is 10.4 Å². The highest BCUT2D eigenvalue weighted by Gasteiger charge is 2.11. The first-order chi connectivity index (χ1) is 7.31. The Morgan fingerprint density at radius 3 is 3.00 bits per heavy atom. The number of halogens is 1. The number of hydrogen-bond donors (Lipinski definition) is 0. The van der Waals surface area contributed by atoms with Crippen molar-refractivity contribution in [2.75, 3.05) is 0 Å². The predicted molar refractivity (Wildman–Crippen MR) is 55.8 cm³/mol. The molecule has 0 aliphatic heterocycles. The molecular formula is C9H5FN2OS2. The Balaban J connectivity index is 2.38. The third kappa shape index (κ3) is 2.21. The van der Waals surface area contributed by atoms with Crippen molar-refractivity contribution in [2.24, 2.45) is 0 Å². The summed E-state index contributed by atoms with van der Waals surface area (Å²) in [5.41, 5.74) is 0.329. The first kappa shape index (κ1) is 10.3. The lowest BCUT2D eigenvalue weighted by Crippen LogP contribution is -1.89. The van der Waals surface area contributed by atoms with E-state index in [-0.39, 0.29) is 0 Å². The van der Waals surface area contributed by atoms with Crippen molar-refractivity contribution in [1.29, 1.82) is 0 Å². The van der Waals surface area contributed by atoms with Crippen molar-refractivity contribution in [3.8, 4) is 0 Å². The van der Waals surface area contributed by atoms with Gasteiger partial charge in [0.1, 0.15) is 12.1 Å². The lowest BCUT2D eigenvalue weighted by Gasteiger charge is -2.02. The van der Waals surface area contributed by atoms with Gasteiger partial charge in [0.2, 0.25) is 0 Å². The van der Waals surface area contributed by atoms with Gasteiger partial charge in [-0.1, -0.05) is 23.9 Å². The molecule has 6 heteroatoms. The van der Waals surface area contributed by atoms with Gasteiger partial charge in [-0.15, -0.1) is 0 Å². The van der Waals surface area contributed by atoms with E-state index in [9.17, 15) is 9.18 Å². The summed E-state index contributed by atoms with van der Waals surface area (Å²) in [6, 6.07) is 4.39. The molecule has 0 unspecified atom stereocenters. The van der Waals surface area contributed by atoms with Gasteiger partial charge in [-0.25, -0.2) is 9.37 Å². The van der Waals surface area contributed by atoms with Gasteiger partial charge < -0.3 is 0 Å². The maximum Gasteiger partial charge on any atom is 0.174 e. The average molecular weight is 240 g/mol. The second-order valence-electron chi connectivity index (χ2n) is 2.59. The van der Waals surface area contributed by atoms with E-state index < -0.39 is 5.82 Å². The van der Waals surface area contributed by atoms with Crippen LogP contribution in [0.15, 0.2) is 33.8 Å². The third-order valence-electron chi connectivity index (χ3n) is 1.65. The minimum absolute atomic E-state index is 0.296. The van der Waals surface area contributed by atoms with Gasteiger partial charge in [-0.05, 0) is 17.6 Å². The molecular weight excluding hydrogens is 235 g/mol. The van der Waals surface area contributed by atoms with Crippen molar-refractivity contribution in [2.45, 2.75) is 9.24 Å². The molecule has 0 aliphatic carbocycles. The van der Waals surface area contributed by atoms with Gasteiger partial charge >= 0.3 is 0 Å². The fourth-order valence-electron chi connectivity index (χ4n) is 1.02. The minimum Gasteiger partial charge on any atom is -0.298 e. The number of nitrogens with zero attached hydrogens (tertiary/aromatic N) is 2. The molecule has 0 aliphatic rings. The van der Waals surface area contributed by atoms with Crippen LogP contribution in [0.25, 0.3) is 0 Å². The van der Waals surface area contributed by atoms with Crippen LogP contribution < -0.4 is 0 Å². The van der Waals surface area contributed by atoms with Gasteiger partial charge in [-0.3, -0.25) is 4.79 Å². The number of carbonyl (C=O) groups excluding carboxylic acids is 1. The minimum atomic E-state index is -0.417. The van der Waals surface area contributed by atoms with Crippen molar-refractivity contribution >= 4 is 29.6 Å². The largest absolute Gasteiger partial charge is 0.298 e. The number of aldehydes is 1. The summed E-state index contributed by atoms with van der Waals surface area (Å²) < 4.78 is 17.8. The monoisotopic (exact) mass is 240 g/mol. The Morgan fingerprint density at radius 2 is 2.33 bits per heavy atom. The molecule has 76 valence electrons. The van der Waals surface area contributed by atoms with Gasteiger partial charge in [0.15, 0.2) is 10.6 Å². The van der Waals surface area contributed by atoms with Crippen LogP contribution in [-0.4, -0.2) is 15.6 Å². The van der Waals surface area contributed by atoms with Crippen LogP contribution in [0, 0.1) is 5.82 Å². The van der Waals surface area contributed by atoms with E-state index in [4.69, 9.17) is 0 Å². The van der Waals surface area contributed by atoms with Gasteiger partial charge in [-0.2, -0.15) is 4.37 Å².